The maximum absolute atomic E-state index is 5.60. The van der Waals surface area contributed by atoms with Crippen molar-refractivity contribution in [3.05, 3.63) is 0 Å². The number of nitrogens with one attached hydrogen (secondary N) is 1. The highest BCUT2D eigenvalue weighted by atomic mass is 16.5. The van der Waals surface area contributed by atoms with Gasteiger partial charge in [0.2, 0.25) is 0 Å². The maximum atomic E-state index is 5.60. The number of ether oxygens (including phenoxy) is 3. The van der Waals surface area contributed by atoms with E-state index in [-0.39, 0.29) is 0 Å². The molecule has 0 saturated heterocycles. The predicted molar refractivity (Wildman–Crippen MR) is 72.9 cm³/mol. The van der Waals surface area contributed by atoms with Crippen LogP contribution in [0.15, 0.2) is 0 Å². The zero-order valence-electron chi connectivity index (χ0n) is 12.2. The topological polar surface area (TPSA) is 39.7 Å². The van der Waals surface area contributed by atoms with Gasteiger partial charge in [-0.3, -0.25) is 0 Å². The van der Waals surface area contributed by atoms with Gasteiger partial charge in [-0.15, -0.1) is 0 Å². The summed E-state index contributed by atoms with van der Waals surface area (Å²) in [5, 5.41) is 3.50. The molecule has 1 N–H and O–H groups in total. The van der Waals surface area contributed by atoms with E-state index in [4.69, 9.17) is 14.2 Å². The van der Waals surface area contributed by atoms with E-state index in [0.29, 0.717) is 18.6 Å². The van der Waals surface area contributed by atoms with Gasteiger partial charge in [0.25, 0.3) is 0 Å². The average Bonchev–Trinajstić information content (AvgIpc) is 3.19. The van der Waals surface area contributed by atoms with Crippen molar-refractivity contribution in [2.75, 3.05) is 53.7 Å². The van der Waals surface area contributed by atoms with Gasteiger partial charge in [-0.2, -0.15) is 0 Å². The third-order valence-corrected chi connectivity index (χ3v) is 3.82. The summed E-state index contributed by atoms with van der Waals surface area (Å²) in [5.74, 6) is 0.874. The Balaban J connectivity index is 2.16. The lowest BCUT2D eigenvalue weighted by molar-refractivity contribution is 0.0491. The highest BCUT2D eigenvalue weighted by Crippen LogP contribution is 2.47. The predicted octanol–water partition coefficient (Wildman–Crippen LogP) is 1.69. The molecule has 0 aliphatic heterocycles. The van der Waals surface area contributed by atoms with Crippen molar-refractivity contribution >= 4 is 0 Å². The molecule has 1 aliphatic rings. The first-order valence-electron chi connectivity index (χ1n) is 6.99. The van der Waals surface area contributed by atoms with Gasteiger partial charge in [0.15, 0.2) is 0 Å². The van der Waals surface area contributed by atoms with Gasteiger partial charge in [-0.25, -0.2) is 0 Å². The van der Waals surface area contributed by atoms with Crippen LogP contribution in [0.1, 0.15) is 26.2 Å². The standard InChI is InChI=1S/C14H29NO3/c1-14(13-4-5-13,12-15-7-9-16-2)6-8-18-11-10-17-3/h13,15H,4-12H2,1-3H3. The molecule has 0 aromatic carbocycles. The second-order valence-corrected chi connectivity index (χ2v) is 5.45. The monoisotopic (exact) mass is 259 g/mol. The van der Waals surface area contributed by atoms with Crippen LogP contribution in [-0.4, -0.2) is 53.7 Å². The first kappa shape index (κ1) is 15.9. The van der Waals surface area contributed by atoms with Crippen LogP contribution in [-0.2, 0) is 14.2 Å². The molecule has 0 heterocycles. The Morgan fingerprint density at radius 1 is 1.06 bits per heavy atom. The fourth-order valence-electron chi connectivity index (χ4n) is 2.31. The Hall–Kier alpha value is -0.160. The van der Waals surface area contributed by atoms with Gasteiger partial charge in [0, 0.05) is 33.9 Å². The second kappa shape index (κ2) is 8.86. The Kier molecular flexibility index (Phi) is 7.82. The lowest BCUT2D eigenvalue weighted by Crippen LogP contribution is -2.36. The van der Waals surface area contributed by atoms with Crippen LogP contribution in [0.25, 0.3) is 0 Å². The highest BCUT2D eigenvalue weighted by molar-refractivity contribution is 4.92. The minimum absolute atomic E-state index is 0.376. The third kappa shape index (κ3) is 6.14. The van der Waals surface area contributed by atoms with Crippen molar-refractivity contribution < 1.29 is 14.2 Å². The van der Waals surface area contributed by atoms with E-state index in [1.807, 2.05) is 0 Å². The van der Waals surface area contributed by atoms with Crippen molar-refractivity contribution in [2.24, 2.45) is 11.3 Å². The summed E-state index contributed by atoms with van der Waals surface area (Å²) < 4.78 is 15.6. The van der Waals surface area contributed by atoms with E-state index >= 15 is 0 Å². The molecule has 4 heteroatoms. The van der Waals surface area contributed by atoms with Crippen molar-refractivity contribution in [3.63, 3.8) is 0 Å². The van der Waals surface area contributed by atoms with Crippen LogP contribution in [0.4, 0.5) is 0 Å². The Labute approximate surface area is 111 Å². The zero-order chi connectivity index (χ0) is 13.3. The molecule has 4 nitrogen and oxygen atoms in total. The van der Waals surface area contributed by atoms with Gasteiger partial charge < -0.3 is 19.5 Å². The number of hydrogen-bond acceptors (Lipinski definition) is 4. The lowest BCUT2D eigenvalue weighted by Gasteiger charge is -2.30. The summed E-state index contributed by atoms with van der Waals surface area (Å²) in [6.45, 7) is 7.39. The first-order chi connectivity index (χ1) is 8.73. The van der Waals surface area contributed by atoms with Gasteiger partial charge >= 0.3 is 0 Å². The normalized spacial score (nSPS) is 18.8. The molecular formula is C14H29NO3. The maximum Gasteiger partial charge on any atom is 0.0700 e. The van der Waals surface area contributed by atoms with Crippen LogP contribution in [0, 0.1) is 11.3 Å². The Morgan fingerprint density at radius 2 is 1.78 bits per heavy atom. The van der Waals surface area contributed by atoms with E-state index < -0.39 is 0 Å². The molecule has 18 heavy (non-hydrogen) atoms. The lowest BCUT2D eigenvalue weighted by atomic mass is 9.81. The summed E-state index contributed by atoms with van der Waals surface area (Å²) >= 11 is 0. The van der Waals surface area contributed by atoms with Crippen LogP contribution >= 0.6 is 0 Å². The summed E-state index contributed by atoms with van der Waals surface area (Å²) in [7, 11) is 3.45. The van der Waals surface area contributed by atoms with Crippen LogP contribution < -0.4 is 5.32 Å². The summed E-state index contributed by atoms with van der Waals surface area (Å²) in [5.41, 5.74) is 0.376. The van der Waals surface area contributed by atoms with E-state index in [2.05, 4.69) is 12.2 Å². The quantitative estimate of drug-likeness (QED) is 0.541. The molecule has 0 aromatic heterocycles. The minimum Gasteiger partial charge on any atom is -0.383 e. The van der Waals surface area contributed by atoms with Gasteiger partial charge in [-0.1, -0.05) is 6.92 Å². The second-order valence-electron chi connectivity index (χ2n) is 5.45. The highest BCUT2D eigenvalue weighted by Gasteiger charge is 2.40. The molecule has 1 rings (SSSR count). The summed E-state index contributed by atoms with van der Waals surface area (Å²) in [4.78, 5) is 0. The largest absolute Gasteiger partial charge is 0.383 e. The molecule has 0 spiro atoms. The first-order valence-corrected chi connectivity index (χ1v) is 6.99. The van der Waals surface area contributed by atoms with Crippen molar-refractivity contribution in [2.45, 2.75) is 26.2 Å². The van der Waals surface area contributed by atoms with Gasteiger partial charge in [0.1, 0.15) is 0 Å². The van der Waals surface area contributed by atoms with E-state index in [9.17, 15) is 0 Å². The average molecular weight is 259 g/mol. The van der Waals surface area contributed by atoms with Gasteiger partial charge in [0.05, 0.1) is 19.8 Å². The van der Waals surface area contributed by atoms with Crippen LogP contribution in [0.2, 0.25) is 0 Å². The van der Waals surface area contributed by atoms with Crippen molar-refractivity contribution in [3.8, 4) is 0 Å². The van der Waals surface area contributed by atoms with Crippen LogP contribution in [0.3, 0.4) is 0 Å². The van der Waals surface area contributed by atoms with Gasteiger partial charge in [-0.05, 0) is 30.6 Å². The molecule has 0 radical (unpaired) electrons. The van der Waals surface area contributed by atoms with Crippen molar-refractivity contribution in [1.82, 2.24) is 5.32 Å². The van der Waals surface area contributed by atoms with Crippen molar-refractivity contribution in [1.29, 1.82) is 0 Å². The zero-order valence-corrected chi connectivity index (χ0v) is 12.2. The number of hydrogen-bond donors (Lipinski definition) is 1. The van der Waals surface area contributed by atoms with Crippen LogP contribution in [0.5, 0.6) is 0 Å². The SMILES string of the molecule is COCCNCC(C)(CCOCCOC)C1CC1. The fraction of sp³-hybridized carbons (Fsp3) is 1.00. The molecule has 1 saturated carbocycles. The molecule has 0 bridgehead atoms. The molecule has 1 unspecified atom stereocenters. The smallest absolute Gasteiger partial charge is 0.0700 e. The Bertz CT molecular complexity index is 209. The minimum atomic E-state index is 0.376. The third-order valence-electron chi connectivity index (χ3n) is 3.82. The summed E-state index contributed by atoms with van der Waals surface area (Å²) in [6, 6.07) is 0. The molecular weight excluding hydrogens is 230 g/mol. The molecule has 0 aromatic rings. The summed E-state index contributed by atoms with van der Waals surface area (Å²) in [6.07, 6.45) is 3.88. The number of methoxy groups -OCH3 is 2. The molecule has 1 atom stereocenters. The molecule has 1 fully saturated rings. The molecule has 0 amide bonds. The number of rotatable bonds is 12. The molecule has 108 valence electrons. The fourth-order valence-corrected chi connectivity index (χ4v) is 2.31. The van der Waals surface area contributed by atoms with E-state index in [1.54, 1.807) is 14.2 Å². The van der Waals surface area contributed by atoms with E-state index in [1.165, 1.54) is 12.8 Å². The molecule has 1 aliphatic carbocycles. The Morgan fingerprint density at radius 3 is 2.39 bits per heavy atom. The van der Waals surface area contributed by atoms with E-state index in [0.717, 1.165) is 38.6 Å².